The molecule has 94 valence electrons. The van der Waals surface area contributed by atoms with Gasteiger partial charge in [0.25, 0.3) is 0 Å². The van der Waals surface area contributed by atoms with Gasteiger partial charge in [-0.3, -0.25) is 0 Å². The van der Waals surface area contributed by atoms with E-state index >= 15 is 0 Å². The Balaban J connectivity index is 5.25. The Hall–Kier alpha value is -1.48. The first-order valence-electron chi connectivity index (χ1n) is 5.11. The van der Waals surface area contributed by atoms with Gasteiger partial charge in [-0.2, -0.15) is 5.26 Å². The third-order valence-electron chi connectivity index (χ3n) is 1.86. The fourth-order valence-corrected chi connectivity index (χ4v) is 1.79. The van der Waals surface area contributed by atoms with Crippen LogP contribution in [0.25, 0.3) is 0 Å². The molecular formula is C11H15NO4S. The van der Waals surface area contributed by atoms with Crippen LogP contribution in [-0.2, 0) is 19.1 Å². The zero-order chi connectivity index (χ0) is 13.3. The van der Waals surface area contributed by atoms with Gasteiger partial charge in [0.05, 0.1) is 13.2 Å². The van der Waals surface area contributed by atoms with Gasteiger partial charge in [0, 0.05) is 6.42 Å². The Bertz CT molecular complexity index is 317. The summed E-state index contributed by atoms with van der Waals surface area (Å²) in [6, 6.07) is 0. The molecular weight excluding hydrogens is 242 g/mol. The lowest BCUT2D eigenvalue weighted by atomic mass is 10.1. The number of nitriles is 1. The summed E-state index contributed by atoms with van der Waals surface area (Å²) >= 11 is 0.530. The Morgan fingerprint density at radius 3 is 2.12 bits per heavy atom. The van der Waals surface area contributed by atoms with E-state index in [9.17, 15) is 9.59 Å². The van der Waals surface area contributed by atoms with Gasteiger partial charge in [-0.25, -0.2) is 9.59 Å². The summed E-state index contributed by atoms with van der Waals surface area (Å²) in [6.45, 7) is 6.98. The number of thioether (sulfide) groups is 1. The van der Waals surface area contributed by atoms with Gasteiger partial charge >= 0.3 is 11.9 Å². The van der Waals surface area contributed by atoms with Crippen LogP contribution in [0.3, 0.4) is 0 Å². The average molecular weight is 257 g/mol. The van der Waals surface area contributed by atoms with Gasteiger partial charge in [0.2, 0.25) is 4.75 Å². The number of hydrogen-bond donors (Lipinski definition) is 0. The van der Waals surface area contributed by atoms with Gasteiger partial charge in [0.15, 0.2) is 0 Å². The summed E-state index contributed by atoms with van der Waals surface area (Å²) in [5, 5.41) is 10.5. The largest absolute Gasteiger partial charge is 0.464 e. The molecule has 0 fully saturated rings. The number of hydrogen-bond acceptors (Lipinski definition) is 6. The van der Waals surface area contributed by atoms with Crippen LogP contribution in [0, 0.1) is 10.7 Å². The van der Waals surface area contributed by atoms with Crippen molar-refractivity contribution in [3.05, 3.63) is 12.7 Å². The van der Waals surface area contributed by atoms with Crippen molar-refractivity contribution in [2.24, 2.45) is 0 Å². The first-order chi connectivity index (χ1) is 8.08. The minimum absolute atomic E-state index is 0.0110. The second-order valence-corrected chi connectivity index (χ2v) is 4.04. The molecule has 0 aliphatic carbocycles. The van der Waals surface area contributed by atoms with Gasteiger partial charge in [-0.05, 0) is 25.6 Å². The van der Waals surface area contributed by atoms with Crippen LogP contribution in [0.2, 0.25) is 0 Å². The normalized spacial score (nSPS) is 10.2. The summed E-state index contributed by atoms with van der Waals surface area (Å²) in [4.78, 5) is 23.6. The molecule has 0 aromatic heterocycles. The molecule has 5 nitrogen and oxygen atoms in total. The smallest absolute Gasteiger partial charge is 0.335 e. The van der Waals surface area contributed by atoms with Crippen molar-refractivity contribution in [2.45, 2.75) is 25.0 Å². The summed E-state index contributed by atoms with van der Waals surface area (Å²) < 4.78 is 7.98. The highest BCUT2D eigenvalue weighted by Crippen LogP contribution is 2.32. The Morgan fingerprint density at radius 1 is 1.35 bits per heavy atom. The number of ether oxygens (including phenoxy) is 2. The molecule has 0 atom stereocenters. The number of carbonyl (C=O) groups excluding carboxylic acids is 2. The molecule has 0 unspecified atom stereocenters. The van der Waals surface area contributed by atoms with Crippen molar-refractivity contribution >= 4 is 23.7 Å². The van der Waals surface area contributed by atoms with Crippen molar-refractivity contribution in [1.29, 1.82) is 5.26 Å². The van der Waals surface area contributed by atoms with Crippen LogP contribution < -0.4 is 0 Å². The van der Waals surface area contributed by atoms with E-state index in [1.807, 2.05) is 0 Å². The maximum absolute atomic E-state index is 11.8. The van der Waals surface area contributed by atoms with E-state index in [1.54, 1.807) is 19.2 Å². The molecule has 6 heteroatoms. The van der Waals surface area contributed by atoms with E-state index in [4.69, 9.17) is 14.7 Å². The topological polar surface area (TPSA) is 76.4 Å². The fraction of sp³-hybridized carbons (Fsp3) is 0.545. The molecule has 0 saturated carbocycles. The lowest BCUT2D eigenvalue weighted by molar-refractivity contribution is -0.158. The number of esters is 2. The molecule has 0 radical (unpaired) electrons. The zero-order valence-electron chi connectivity index (χ0n) is 9.89. The molecule has 0 bridgehead atoms. The van der Waals surface area contributed by atoms with E-state index in [1.165, 1.54) is 6.08 Å². The maximum atomic E-state index is 11.8. The quantitative estimate of drug-likeness (QED) is 0.299. The standard InChI is InChI=1S/C11H15NO4S/c1-4-7-11(17-8-12,9(13)15-5-2)10(14)16-6-3/h4H,1,5-7H2,2-3H3. The third kappa shape index (κ3) is 3.79. The lowest BCUT2D eigenvalue weighted by Gasteiger charge is -2.24. The number of nitrogens with zero attached hydrogens (tertiary/aromatic N) is 1. The Morgan fingerprint density at radius 2 is 1.82 bits per heavy atom. The fourth-order valence-electron chi connectivity index (χ4n) is 1.15. The SMILES string of the molecule is C=CCC(SC#N)(C(=O)OCC)C(=O)OCC. The van der Waals surface area contributed by atoms with Crippen molar-refractivity contribution < 1.29 is 19.1 Å². The summed E-state index contributed by atoms with van der Waals surface area (Å²) in [7, 11) is 0. The van der Waals surface area contributed by atoms with Crippen LogP contribution >= 0.6 is 11.8 Å². The second kappa shape index (κ2) is 7.74. The van der Waals surface area contributed by atoms with Crippen molar-refractivity contribution in [3.63, 3.8) is 0 Å². The monoisotopic (exact) mass is 257 g/mol. The first-order valence-corrected chi connectivity index (χ1v) is 5.93. The zero-order valence-corrected chi connectivity index (χ0v) is 10.7. The van der Waals surface area contributed by atoms with Crippen molar-refractivity contribution in [3.8, 4) is 5.40 Å². The highest BCUT2D eigenvalue weighted by Gasteiger charge is 2.49. The molecule has 0 spiro atoms. The summed E-state index contributed by atoms with van der Waals surface area (Å²) in [5.74, 6) is -1.55. The first kappa shape index (κ1) is 15.5. The molecule has 0 aliphatic heterocycles. The predicted molar refractivity (Wildman–Crippen MR) is 64.0 cm³/mol. The van der Waals surface area contributed by atoms with E-state index in [-0.39, 0.29) is 19.6 Å². The highest BCUT2D eigenvalue weighted by atomic mass is 32.2. The van der Waals surface area contributed by atoms with Gasteiger partial charge in [-0.1, -0.05) is 6.08 Å². The van der Waals surface area contributed by atoms with Crippen LogP contribution in [-0.4, -0.2) is 29.9 Å². The van der Waals surface area contributed by atoms with Crippen molar-refractivity contribution in [2.75, 3.05) is 13.2 Å². The van der Waals surface area contributed by atoms with E-state index in [0.717, 1.165) is 0 Å². The van der Waals surface area contributed by atoms with Crippen LogP contribution in [0.1, 0.15) is 20.3 Å². The number of thiocyanates is 1. The molecule has 0 aliphatic rings. The lowest BCUT2D eigenvalue weighted by Crippen LogP contribution is -2.45. The molecule has 0 saturated heterocycles. The predicted octanol–water partition coefficient (Wildman–Crippen LogP) is 1.64. The molecule has 0 aromatic carbocycles. The number of carbonyl (C=O) groups is 2. The van der Waals surface area contributed by atoms with Crippen molar-refractivity contribution in [1.82, 2.24) is 0 Å². The summed E-state index contributed by atoms with van der Waals surface area (Å²) in [6.07, 6.45) is 1.38. The summed E-state index contributed by atoms with van der Waals surface area (Å²) in [5.41, 5.74) is 0. The Kier molecular flexibility index (Phi) is 7.06. The van der Waals surface area contributed by atoms with Crippen LogP contribution in [0.15, 0.2) is 12.7 Å². The minimum Gasteiger partial charge on any atom is -0.464 e. The van der Waals surface area contributed by atoms with Gasteiger partial charge in [0.1, 0.15) is 5.40 Å². The average Bonchev–Trinajstić information content (AvgIpc) is 2.29. The van der Waals surface area contributed by atoms with E-state index in [0.29, 0.717) is 11.8 Å². The third-order valence-corrected chi connectivity index (χ3v) is 2.80. The van der Waals surface area contributed by atoms with E-state index < -0.39 is 16.7 Å². The molecule has 0 amide bonds. The minimum atomic E-state index is -1.66. The maximum Gasteiger partial charge on any atom is 0.335 e. The van der Waals surface area contributed by atoms with Crippen LogP contribution in [0.5, 0.6) is 0 Å². The molecule has 0 heterocycles. The second-order valence-electron chi connectivity index (χ2n) is 2.95. The molecule has 0 N–H and O–H groups in total. The molecule has 0 aromatic rings. The molecule has 0 rings (SSSR count). The number of allylic oxidation sites excluding steroid dienone is 1. The number of rotatable bonds is 7. The van der Waals surface area contributed by atoms with Gasteiger partial charge in [-0.15, -0.1) is 6.58 Å². The van der Waals surface area contributed by atoms with Gasteiger partial charge < -0.3 is 9.47 Å². The molecule has 17 heavy (non-hydrogen) atoms. The van der Waals surface area contributed by atoms with Crippen LogP contribution in [0.4, 0.5) is 0 Å². The Labute approximate surface area is 105 Å². The van der Waals surface area contributed by atoms with E-state index in [2.05, 4.69) is 6.58 Å². The highest BCUT2D eigenvalue weighted by molar-refractivity contribution is 8.06.